The van der Waals surface area contributed by atoms with Crippen LogP contribution in [0, 0.1) is 0 Å². The Kier molecular flexibility index (Phi) is 7.17. The first-order valence-corrected chi connectivity index (χ1v) is 13.0. The highest BCUT2D eigenvalue weighted by Crippen LogP contribution is 2.32. The number of fused-ring (bicyclic) bond motifs is 1. The van der Waals surface area contributed by atoms with E-state index in [0.717, 1.165) is 21.2 Å². The number of carbonyl (C=O) groups excluding carboxylic acids is 1. The van der Waals surface area contributed by atoms with E-state index in [1.165, 1.54) is 16.5 Å². The second kappa shape index (κ2) is 10.1. The number of aromatic nitrogens is 4. The monoisotopic (exact) mass is 484 g/mol. The van der Waals surface area contributed by atoms with Crippen LogP contribution in [-0.2, 0) is 21.8 Å². The number of rotatable bonds is 8. The fourth-order valence-corrected chi connectivity index (χ4v) is 5.73. The summed E-state index contributed by atoms with van der Waals surface area (Å²) in [6.07, 6.45) is 0. The predicted octanol–water partition coefficient (Wildman–Crippen LogP) is 5.66. The van der Waals surface area contributed by atoms with E-state index in [4.69, 9.17) is 9.72 Å². The Morgan fingerprint density at radius 1 is 1.03 bits per heavy atom. The van der Waals surface area contributed by atoms with Gasteiger partial charge in [-0.1, -0.05) is 66.0 Å². The summed E-state index contributed by atoms with van der Waals surface area (Å²) in [6, 6.07) is 18.3. The van der Waals surface area contributed by atoms with Crippen LogP contribution in [0.2, 0.25) is 0 Å². The quantitative estimate of drug-likeness (QED) is 0.236. The lowest BCUT2D eigenvalue weighted by Gasteiger charge is -2.19. The van der Waals surface area contributed by atoms with E-state index >= 15 is 0 Å². The Balaban J connectivity index is 1.50. The molecule has 0 saturated heterocycles. The molecule has 0 radical (unpaired) electrons. The molecule has 2 aromatic heterocycles. The van der Waals surface area contributed by atoms with Gasteiger partial charge in [0.1, 0.15) is 11.4 Å². The minimum atomic E-state index is -0.506. The predicted molar refractivity (Wildman–Crippen MR) is 131 cm³/mol. The second-order valence-electron chi connectivity index (χ2n) is 8.08. The molecule has 0 amide bonds. The maximum absolute atomic E-state index is 12.2. The van der Waals surface area contributed by atoms with Crippen LogP contribution in [0.5, 0.6) is 0 Å². The maximum atomic E-state index is 12.2. The van der Waals surface area contributed by atoms with Crippen molar-refractivity contribution < 1.29 is 9.53 Å². The van der Waals surface area contributed by atoms with Gasteiger partial charge in [-0.05, 0) is 38.5 Å². The highest BCUT2D eigenvalue weighted by Gasteiger charge is 2.19. The number of ether oxygens (including phenoxy) is 1. The van der Waals surface area contributed by atoms with E-state index in [2.05, 4.69) is 33.0 Å². The molecule has 0 unspecified atom stereocenters. The third kappa shape index (κ3) is 6.11. The number of nitrogens with zero attached hydrogens (tertiary/aromatic N) is 4. The number of hydrogen-bond acceptors (Lipinski definition) is 8. The van der Waals surface area contributed by atoms with E-state index in [0.29, 0.717) is 17.5 Å². The Morgan fingerprint density at radius 3 is 2.53 bits per heavy atom. The Morgan fingerprint density at radius 2 is 1.78 bits per heavy atom. The molecule has 32 heavy (non-hydrogen) atoms. The van der Waals surface area contributed by atoms with Crippen molar-refractivity contribution in [2.45, 2.75) is 48.2 Å². The summed E-state index contributed by atoms with van der Waals surface area (Å²) >= 11 is 4.69. The van der Waals surface area contributed by atoms with Crippen LogP contribution in [0.3, 0.4) is 0 Å². The minimum Gasteiger partial charge on any atom is -0.459 e. The summed E-state index contributed by atoms with van der Waals surface area (Å²) in [6.45, 7) is 6.24. The van der Waals surface area contributed by atoms with E-state index < -0.39 is 5.60 Å². The van der Waals surface area contributed by atoms with E-state index in [-0.39, 0.29) is 11.7 Å². The molecule has 0 fully saturated rings. The van der Waals surface area contributed by atoms with Crippen molar-refractivity contribution >= 4 is 51.0 Å². The molecule has 0 aliphatic carbocycles. The van der Waals surface area contributed by atoms with Gasteiger partial charge in [-0.2, -0.15) is 0 Å². The Labute approximate surface area is 199 Å². The van der Waals surface area contributed by atoms with E-state index in [1.807, 2.05) is 57.2 Å². The van der Waals surface area contributed by atoms with Gasteiger partial charge in [0.25, 0.3) is 0 Å². The summed E-state index contributed by atoms with van der Waals surface area (Å²) in [4.78, 5) is 16.9. The van der Waals surface area contributed by atoms with Crippen LogP contribution >= 0.6 is 34.9 Å². The zero-order valence-electron chi connectivity index (χ0n) is 18.1. The SMILES string of the molecule is CC(C)(C)OC(=O)CSc1nnc(CSc2nc3ccccc3s2)n1Cc1ccccc1. The third-order valence-corrected chi connectivity index (χ3v) is 7.43. The van der Waals surface area contributed by atoms with Crippen molar-refractivity contribution in [3.8, 4) is 0 Å². The molecule has 2 heterocycles. The summed E-state index contributed by atoms with van der Waals surface area (Å²) in [7, 11) is 0. The summed E-state index contributed by atoms with van der Waals surface area (Å²) in [5, 5.41) is 9.51. The topological polar surface area (TPSA) is 69.9 Å². The van der Waals surface area contributed by atoms with Crippen molar-refractivity contribution in [2.24, 2.45) is 0 Å². The second-order valence-corrected chi connectivity index (χ2v) is 11.3. The van der Waals surface area contributed by atoms with Gasteiger partial charge in [0, 0.05) is 0 Å². The third-order valence-electron chi connectivity index (χ3n) is 4.32. The molecular formula is C23H24N4O2S3. The molecule has 0 saturated carbocycles. The molecule has 6 nitrogen and oxygen atoms in total. The summed E-state index contributed by atoms with van der Waals surface area (Å²) < 4.78 is 9.68. The lowest BCUT2D eigenvalue weighted by molar-refractivity contribution is -0.151. The van der Waals surface area contributed by atoms with E-state index in [1.54, 1.807) is 23.1 Å². The van der Waals surface area contributed by atoms with Crippen LogP contribution < -0.4 is 0 Å². The van der Waals surface area contributed by atoms with Gasteiger partial charge in [-0.15, -0.1) is 21.5 Å². The largest absolute Gasteiger partial charge is 0.459 e. The first kappa shape index (κ1) is 22.8. The van der Waals surface area contributed by atoms with Crippen molar-refractivity contribution in [3.63, 3.8) is 0 Å². The van der Waals surface area contributed by atoms with Gasteiger partial charge >= 0.3 is 5.97 Å². The molecule has 0 N–H and O–H groups in total. The molecule has 4 aromatic rings. The zero-order chi connectivity index (χ0) is 22.6. The average molecular weight is 485 g/mol. The molecular weight excluding hydrogens is 460 g/mol. The standard InChI is InChI=1S/C23H24N4O2S3/c1-23(2,3)29-20(28)15-30-21-26-25-19(27(21)13-16-9-5-4-6-10-16)14-31-22-24-17-11-7-8-12-18(17)32-22/h4-12H,13-15H2,1-3H3. The number of carbonyl (C=O) groups is 1. The summed E-state index contributed by atoms with van der Waals surface area (Å²) in [5.74, 6) is 1.42. The highest BCUT2D eigenvalue weighted by atomic mass is 32.2. The molecule has 0 atom stereocenters. The number of esters is 1. The average Bonchev–Trinajstić information content (AvgIpc) is 3.33. The lowest BCUT2D eigenvalue weighted by Crippen LogP contribution is -2.25. The minimum absolute atomic E-state index is 0.190. The number of thioether (sulfide) groups is 2. The fraction of sp³-hybridized carbons (Fsp3) is 0.304. The Hall–Kier alpha value is -2.36. The van der Waals surface area contributed by atoms with Crippen LogP contribution in [0.1, 0.15) is 32.2 Å². The Bertz CT molecular complexity index is 1170. The molecule has 0 spiro atoms. The number of thiazole rings is 1. The molecule has 0 aliphatic rings. The molecule has 166 valence electrons. The number of para-hydroxylation sites is 1. The van der Waals surface area contributed by atoms with Crippen LogP contribution in [0.25, 0.3) is 10.2 Å². The molecule has 4 rings (SSSR count). The summed E-state index contributed by atoms with van der Waals surface area (Å²) in [5.41, 5.74) is 1.66. The normalized spacial score (nSPS) is 11.7. The van der Waals surface area contributed by atoms with Gasteiger partial charge < -0.3 is 9.30 Å². The molecule has 9 heteroatoms. The van der Waals surface area contributed by atoms with Crippen molar-refractivity contribution in [1.29, 1.82) is 0 Å². The number of hydrogen-bond donors (Lipinski definition) is 0. The first-order chi connectivity index (χ1) is 15.4. The first-order valence-electron chi connectivity index (χ1n) is 10.2. The van der Waals surface area contributed by atoms with Crippen molar-refractivity contribution in [2.75, 3.05) is 5.75 Å². The van der Waals surface area contributed by atoms with Crippen molar-refractivity contribution in [3.05, 3.63) is 66.0 Å². The van der Waals surface area contributed by atoms with Gasteiger partial charge in [-0.3, -0.25) is 4.79 Å². The van der Waals surface area contributed by atoms with Gasteiger partial charge in [0.15, 0.2) is 9.50 Å². The molecule has 0 aliphatic heterocycles. The highest BCUT2D eigenvalue weighted by molar-refractivity contribution is 8.00. The smallest absolute Gasteiger partial charge is 0.316 e. The van der Waals surface area contributed by atoms with Gasteiger partial charge in [-0.25, -0.2) is 4.98 Å². The van der Waals surface area contributed by atoms with Crippen LogP contribution in [0.4, 0.5) is 0 Å². The number of benzene rings is 2. The van der Waals surface area contributed by atoms with Crippen LogP contribution in [0.15, 0.2) is 64.1 Å². The van der Waals surface area contributed by atoms with Gasteiger partial charge in [0.2, 0.25) is 0 Å². The molecule has 2 aromatic carbocycles. The fourth-order valence-electron chi connectivity index (χ4n) is 2.99. The maximum Gasteiger partial charge on any atom is 0.316 e. The van der Waals surface area contributed by atoms with Crippen LogP contribution in [-0.4, -0.2) is 37.1 Å². The van der Waals surface area contributed by atoms with Gasteiger partial charge in [0.05, 0.1) is 28.3 Å². The van der Waals surface area contributed by atoms with Crippen molar-refractivity contribution in [1.82, 2.24) is 19.7 Å². The molecule has 0 bridgehead atoms. The zero-order valence-corrected chi connectivity index (χ0v) is 20.6. The van der Waals surface area contributed by atoms with E-state index in [9.17, 15) is 4.79 Å². The lowest BCUT2D eigenvalue weighted by atomic mass is 10.2.